The SMILES string of the molecule is I.NC(=NCCOc1cccc(Cl)c1)N1CCCCCC1. The van der Waals surface area contributed by atoms with E-state index in [0.29, 0.717) is 24.1 Å². The Hall–Kier alpha value is -0.690. The number of ether oxygens (including phenoxy) is 1. The molecule has 0 amide bonds. The zero-order valence-electron chi connectivity index (χ0n) is 12.1. The van der Waals surface area contributed by atoms with Crippen molar-refractivity contribution in [1.82, 2.24) is 4.90 Å². The third kappa shape index (κ3) is 6.74. The number of halogens is 2. The summed E-state index contributed by atoms with van der Waals surface area (Å²) in [7, 11) is 0. The van der Waals surface area contributed by atoms with Gasteiger partial charge in [0.15, 0.2) is 5.96 Å². The van der Waals surface area contributed by atoms with Crippen molar-refractivity contribution in [3.8, 4) is 5.75 Å². The van der Waals surface area contributed by atoms with Crippen molar-refractivity contribution < 1.29 is 4.74 Å². The zero-order valence-corrected chi connectivity index (χ0v) is 15.2. The number of hydrogen-bond donors (Lipinski definition) is 1. The average Bonchev–Trinajstić information content (AvgIpc) is 2.72. The van der Waals surface area contributed by atoms with Crippen molar-refractivity contribution in [2.24, 2.45) is 10.7 Å². The number of guanidine groups is 1. The van der Waals surface area contributed by atoms with Gasteiger partial charge in [0, 0.05) is 18.1 Å². The van der Waals surface area contributed by atoms with E-state index >= 15 is 0 Å². The maximum Gasteiger partial charge on any atom is 0.191 e. The van der Waals surface area contributed by atoms with Gasteiger partial charge < -0.3 is 15.4 Å². The maximum absolute atomic E-state index is 6.02. The van der Waals surface area contributed by atoms with Gasteiger partial charge >= 0.3 is 0 Å². The van der Waals surface area contributed by atoms with Crippen molar-refractivity contribution in [1.29, 1.82) is 0 Å². The third-order valence-corrected chi connectivity index (χ3v) is 3.60. The molecule has 1 aromatic rings. The Kier molecular flexibility index (Phi) is 8.84. The first-order valence-corrected chi connectivity index (χ1v) is 7.57. The predicted octanol–water partition coefficient (Wildman–Crippen LogP) is 3.53. The number of likely N-dealkylation sites (tertiary alicyclic amines) is 1. The molecule has 6 heteroatoms. The Bertz CT molecular complexity index is 448. The molecule has 1 aliphatic rings. The van der Waals surface area contributed by atoms with Crippen LogP contribution in [0.4, 0.5) is 0 Å². The van der Waals surface area contributed by atoms with Crippen LogP contribution in [-0.4, -0.2) is 37.1 Å². The molecule has 2 N–H and O–H groups in total. The molecule has 1 aromatic carbocycles. The van der Waals surface area contributed by atoms with E-state index in [4.69, 9.17) is 22.1 Å². The molecular weight excluding hydrogens is 401 g/mol. The predicted molar refractivity (Wildman–Crippen MR) is 98.9 cm³/mol. The molecule has 21 heavy (non-hydrogen) atoms. The molecular formula is C15H23ClIN3O. The van der Waals surface area contributed by atoms with Gasteiger partial charge in [-0.2, -0.15) is 0 Å². The van der Waals surface area contributed by atoms with E-state index < -0.39 is 0 Å². The molecule has 118 valence electrons. The molecule has 1 aliphatic heterocycles. The Morgan fingerprint density at radius 3 is 2.62 bits per heavy atom. The molecule has 2 rings (SSSR count). The molecule has 0 aromatic heterocycles. The van der Waals surface area contributed by atoms with Crippen LogP contribution >= 0.6 is 35.6 Å². The van der Waals surface area contributed by atoms with Crippen LogP contribution < -0.4 is 10.5 Å². The highest BCUT2D eigenvalue weighted by Gasteiger charge is 2.10. The Morgan fingerprint density at radius 2 is 1.95 bits per heavy atom. The lowest BCUT2D eigenvalue weighted by Crippen LogP contribution is -2.38. The summed E-state index contributed by atoms with van der Waals surface area (Å²) in [4.78, 5) is 6.56. The molecule has 0 radical (unpaired) electrons. The van der Waals surface area contributed by atoms with Crippen molar-refractivity contribution in [3.05, 3.63) is 29.3 Å². The van der Waals surface area contributed by atoms with Crippen LogP contribution in [0, 0.1) is 0 Å². The van der Waals surface area contributed by atoms with Gasteiger partial charge in [-0.05, 0) is 31.0 Å². The lowest BCUT2D eigenvalue weighted by Gasteiger charge is -2.21. The minimum Gasteiger partial charge on any atom is -0.492 e. The molecule has 1 saturated heterocycles. The fourth-order valence-electron chi connectivity index (χ4n) is 2.28. The van der Waals surface area contributed by atoms with Crippen LogP contribution in [0.25, 0.3) is 0 Å². The highest BCUT2D eigenvalue weighted by Crippen LogP contribution is 2.16. The molecule has 0 aliphatic carbocycles. The van der Waals surface area contributed by atoms with Crippen molar-refractivity contribution in [2.45, 2.75) is 25.7 Å². The van der Waals surface area contributed by atoms with Crippen LogP contribution in [0.3, 0.4) is 0 Å². The first kappa shape index (κ1) is 18.4. The van der Waals surface area contributed by atoms with Crippen molar-refractivity contribution >= 4 is 41.5 Å². The molecule has 0 bridgehead atoms. The highest BCUT2D eigenvalue weighted by atomic mass is 127. The summed E-state index contributed by atoms with van der Waals surface area (Å²) in [5, 5.41) is 0.676. The first-order chi connectivity index (χ1) is 9.75. The lowest BCUT2D eigenvalue weighted by atomic mass is 10.2. The van der Waals surface area contributed by atoms with Gasteiger partial charge in [-0.3, -0.25) is 0 Å². The van der Waals surface area contributed by atoms with E-state index in [0.717, 1.165) is 18.8 Å². The van der Waals surface area contributed by atoms with Gasteiger partial charge in [-0.25, -0.2) is 4.99 Å². The van der Waals surface area contributed by atoms with E-state index in [9.17, 15) is 0 Å². The number of nitrogens with two attached hydrogens (primary N) is 1. The quantitative estimate of drug-likeness (QED) is 0.349. The average molecular weight is 424 g/mol. The minimum atomic E-state index is 0. The van der Waals surface area contributed by atoms with Gasteiger partial charge in [-0.1, -0.05) is 30.5 Å². The molecule has 1 fully saturated rings. The Morgan fingerprint density at radius 1 is 1.24 bits per heavy atom. The van der Waals surface area contributed by atoms with E-state index in [-0.39, 0.29) is 24.0 Å². The number of aliphatic imine (C=N–C) groups is 1. The topological polar surface area (TPSA) is 50.9 Å². The van der Waals surface area contributed by atoms with Gasteiger partial charge in [0.1, 0.15) is 12.4 Å². The van der Waals surface area contributed by atoms with E-state index in [2.05, 4.69) is 9.89 Å². The fraction of sp³-hybridized carbons (Fsp3) is 0.533. The van der Waals surface area contributed by atoms with E-state index in [1.807, 2.05) is 18.2 Å². The standard InChI is InChI=1S/C15H22ClN3O.HI/c16-13-6-5-7-14(12-13)20-11-8-18-15(17)19-9-3-1-2-4-10-19;/h5-7,12H,1-4,8-11H2,(H2,17,18);1H. The second kappa shape index (κ2) is 10.1. The summed E-state index contributed by atoms with van der Waals surface area (Å²) in [5.41, 5.74) is 6.02. The molecule has 0 atom stereocenters. The van der Waals surface area contributed by atoms with Gasteiger partial charge in [-0.15, -0.1) is 24.0 Å². The molecule has 4 nitrogen and oxygen atoms in total. The molecule has 0 spiro atoms. The molecule has 0 unspecified atom stereocenters. The highest BCUT2D eigenvalue weighted by molar-refractivity contribution is 14.0. The van der Waals surface area contributed by atoms with Crippen LogP contribution in [0.5, 0.6) is 5.75 Å². The van der Waals surface area contributed by atoms with E-state index in [1.165, 1.54) is 25.7 Å². The smallest absolute Gasteiger partial charge is 0.191 e. The summed E-state index contributed by atoms with van der Waals surface area (Å²) < 4.78 is 5.58. The fourth-order valence-corrected chi connectivity index (χ4v) is 2.46. The Balaban J connectivity index is 0.00000220. The second-order valence-corrected chi connectivity index (χ2v) is 5.38. The van der Waals surface area contributed by atoms with Crippen LogP contribution in [0.2, 0.25) is 5.02 Å². The lowest BCUT2D eigenvalue weighted by molar-refractivity contribution is 0.327. The number of rotatable bonds is 4. The summed E-state index contributed by atoms with van der Waals surface area (Å²) in [5.74, 6) is 1.41. The van der Waals surface area contributed by atoms with Crippen LogP contribution in [-0.2, 0) is 0 Å². The molecule has 0 saturated carbocycles. The third-order valence-electron chi connectivity index (χ3n) is 3.36. The van der Waals surface area contributed by atoms with Crippen molar-refractivity contribution in [2.75, 3.05) is 26.2 Å². The maximum atomic E-state index is 6.02. The molecule has 1 heterocycles. The summed E-state index contributed by atoms with van der Waals surface area (Å²) in [6.07, 6.45) is 4.99. The summed E-state index contributed by atoms with van der Waals surface area (Å²) >= 11 is 5.89. The number of hydrogen-bond acceptors (Lipinski definition) is 2. The van der Waals surface area contributed by atoms with Crippen LogP contribution in [0.1, 0.15) is 25.7 Å². The minimum absolute atomic E-state index is 0. The van der Waals surface area contributed by atoms with E-state index in [1.54, 1.807) is 6.07 Å². The summed E-state index contributed by atoms with van der Waals surface area (Å²) in [6, 6.07) is 7.37. The monoisotopic (exact) mass is 423 g/mol. The van der Waals surface area contributed by atoms with Crippen molar-refractivity contribution in [3.63, 3.8) is 0 Å². The van der Waals surface area contributed by atoms with Gasteiger partial charge in [0.25, 0.3) is 0 Å². The first-order valence-electron chi connectivity index (χ1n) is 7.19. The zero-order chi connectivity index (χ0) is 14.2. The van der Waals surface area contributed by atoms with Gasteiger partial charge in [0.2, 0.25) is 0 Å². The number of benzene rings is 1. The van der Waals surface area contributed by atoms with Gasteiger partial charge in [0.05, 0.1) is 6.54 Å². The second-order valence-electron chi connectivity index (χ2n) is 4.95. The normalized spacial score (nSPS) is 16.0. The number of nitrogens with zero attached hydrogens (tertiary/aromatic N) is 2. The summed E-state index contributed by atoms with van der Waals surface area (Å²) in [6.45, 7) is 3.11. The Labute approximate surface area is 148 Å². The largest absolute Gasteiger partial charge is 0.492 e. The van der Waals surface area contributed by atoms with Crippen LogP contribution in [0.15, 0.2) is 29.3 Å².